The fourth-order valence-corrected chi connectivity index (χ4v) is 3.94. The summed E-state index contributed by atoms with van der Waals surface area (Å²) in [5.74, 6) is -4.91. The summed E-state index contributed by atoms with van der Waals surface area (Å²) in [6, 6.07) is 4.03. The zero-order valence-electron chi connectivity index (χ0n) is 19.7. The van der Waals surface area contributed by atoms with E-state index >= 15 is 0 Å². The summed E-state index contributed by atoms with van der Waals surface area (Å²) in [6.45, 7) is 0.274. The van der Waals surface area contributed by atoms with Gasteiger partial charge in [-0.2, -0.15) is 0 Å². The van der Waals surface area contributed by atoms with Crippen LogP contribution in [0.1, 0.15) is 37.7 Å². The minimum atomic E-state index is -1.57. The third-order valence-electron chi connectivity index (χ3n) is 5.79. The fourth-order valence-electron chi connectivity index (χ4n) is 3.94. The number of nitrogens with one attached hydrogen (secondary N) is 2. The Labute approximate surface area is 207 Å². The summed E-state index contributed by atoms with van der Waals surface area (Å²) in [5, 5.41) is 14.2. The average molecular weight is 505 g/mol. The molecule has 1 saturated heterocycles. The molecule has 36 heavy (non-hydrogen) atoms. The SMILES string of the molecule is NC(=O)CCC(N)C(=O)N1CCCC1C(=O)NC(Cc1ccccc1)C(=O)NC(CC(N)=O)C(=O)O. The number of nitrogens with zero attached hydrogens (tertiary/aromatic N) is 1. The van der Waals surface area contributed by atoms with Crippen LogP contribution in [0.15, 0.2) is 30.3 Å². The van der Waals surface area contributed by atoms with Gasteiger partial charge in [-0.1, -0.05) is 30.3 Å². The summed E-state index contributed by atoms with van der Waals surface area (Å²) in [4.78, 5) is 73.9. The van der Waals surface area contributed by atoms with Crippen molar-refractivity contribution < 1.29 is 33.9 Å². The van der Waals surface area contributed by atoms with Gasteiger partial charge in [0.1, 0.15) is 18.1 Å². The first-order chi connectivity index (χ1) is 17.0. The normalized spacial score (nSPS) is 17.5. The number of benzene rings is 1. The zero-order chi connectivity index (χ0) is 26.8. The molecule has 1 aromatic rings. The van der Waals surface area contributed by atoms with E-state index in [4.69, 9.17) is 17.2 Å². The van der Waals surface area contributed by atoms with Crippen molar-refractivity contribution in [2.45, 2.75) is 62.7 Å². The standard InChI is InChI=1S/C23H32N6O7/c24-14(8-9-18(25)30)22(34)29-10-4-7-17(29)21(33)27-15(11-13-5-2-1-3-6-13)20(32)28-16(23(35)36)12-19(26)31/h1-3,5-6,14-17H,4,7-12,24H2,(H2,25,30)(H2,26,31)(H,27,33)(H,28,32)(H,35,36). The Hall–Kier alpha value is -4.00. The maximum atomic E-state index is 13.2. The molecule has 0 saturated carbocycles. The van der Waals surface area contributed by atoms with Crippen molar-refractivity contribution in [3.05, 3.63) is 35.9 Å². The highest BCUT2D eigenvalue weighted by Gasteiger charge is 2.38. The van der Waals surface area contributed by atoms with E-state index in [0.717, 1.165) is 0 Å². The van der Waals surface area contributed by atoms with Crippen LogP contribution in [-0.4, -0.2) is 76.2 Å². The molecule has 1 fully saturated rings. The van der Waals surface area contributed by atoms with Crippen LogP contribution in [0.5, 0.6) is 0 Å². The largest absolute Gasteiger partial charge is 0.480 e. The Balaban J connectivity index is 2.17. The van der Waals surface area contributed by atoms with Crippen LogP contribution in [0.3, 0.4) is 0 Å². The number of carbonyl (C=O) groups is 6. The highest BCUT2D eigenvalue weighted by Crippen LogP contribution is 2.19. The van der Waals surface area contributed by atoms with E-state index in [-0.39, 0.29) is 25.8 Å². The van der Waals surface area contributed by atoms with E-state index < -0.39 is 66.1 Å². The van der Waals surface area contributed by atoms with Crippen molar-refractivity contribution in [1.82, 2.24) is 15.5 Å². The molecular weight excluding hydrogens is 472 g/mol. The van der Waals surface area contributed by atoms with Crippen LogP contribution in [0.4, 0.5) is 0 Å². The van der Waals surface area contributed by atoms with Gasteiger partial charge < -0.3 is 37.8 Å². The number of rotatable bonds is 13. The summed E-state index contributed by atoms with van der Waals surface area (Å²) in [5.41, 5.74) is 16.8. The lowest BCUT2D eigenvalue weighted by molar-refractivity contribution is -0.144. The first kappa shape index (κ1) is 28.2. The molecule has 5 amide bonds. The van der Waals surface area contributed by atoms with Gasteiger partial charge in [0, 0.05) is 19.4 Å². The third kappa shape index (κ3) is 8.34. The average Bonchev–Trinajstić information content (AvgIpc) is 3.31. The van der Waals surface area contributed by atoms with Gasteiger partial charge in [0.25, 0.3) is 0 Å². The van der Waals surface area contributed by atoms with E-state index in [1.165, 1.54) is 4.90 Å². The molecule has 1 aliphatic rings. The number of hydrogen-bond acceptors (Lipinski definition) is 7. The molecular formula is C23H32N6O7. The lowest BCUT2D eigenvalue weighted by atomic mass is 10.0. The number of nitrogens with two attached hydrogens (primary N) is 3. The predicted molar refractivity (Wildman–Crippen MR) is 127 cm³/mol. The van der Waals surface area contributed by atoms with Crippen molar-refractivity contribution in [2.75, 3.05) is 6.54 Å². The van der Waals surface area contributed by atoms with Gasteiger partial charge in [-0.25, -0.2) is 4.79 Å². The summed E-state index contributed by atoms with van der Waals surface area (Å²) in [6.07, 6.45) is 0.226. The van der Waals surface area contributed by atoms with Crippen molar-refractivity contribution >= 4 is 35.5 Å². The van der Waals surface area contributed by atoms with Gasteiger partial charge in [0.15, 0.2) is 0 Å². The summed E-state index contributed by atoms with van der Waals surface area (Å²) < 4.78 is 0. The van der Waals surface area contributed by atoms with Gasteiger partial charge >= 0.3 is 5.97 Å². The first-order valence-electron chi connectivity index (χ1n) is 11.5. The molecule has 0 bridgehead atoms. The van der Waals surface area contributed by atoms with Crippen LogP contribution < -0.4 is 27.8 Å². The van der Waals surface area contributed by atoms with Crippen molar-refractivity contribution in [3.8, 4) is 0 Å². The zero-order valence-corrected chi connectivity index (χ0v) is 19.7. The molecule has 1 aliphatic heterocycles. The Morgan fingerprint density at radius 2 is 1.67 bits per heavy atom. The van der Waals surface area contributed by atoms with Crippen molar-refractivity contribution in [2.24, 2.45) is 17.2 Å². The molecule has 0 radical (unpaired) electrons. The molecule has 1 aromatic carbocycles. The van der Waals surface area contributed by atoms with Gasteiger partial charge in [0.05, 0.1) is 12.5 Å². The topological polar surface area (TPSA) is 228 Å². The summed E-state index contributed by atoms with van der Waals surface area (Å²) in [7, 11) is 0. The molecule has 2 rings (SSSR count). The molecule has 4 unspecified atom stereocenters. The van der Waals surface area contributed by atoms with Crippen molar-refractivity contribution in [3.63, 3.8) is 0 Å². The fraction of sp³-hybridized carbons (Fsp3) is 0.478. The Morgan fingerprint density at radius 1 is 1.00 bits per heavy atom. The molecule has 196 valence electrons. The van der Waals surface area contributed by atoms with Crippen LogP contribution >= 0.6 is 0 Å². The number of carboxylic acids is 1. The molecule has 4 atom stereocenters. The number of primary amides is 2. The molecule has 9 N–H and O–H groups in total. The Kier molecular flexibility index (Phi) is 10.3. The number of likely N-dealkylation sites (tertiary alicyclic amines) is 1. The second-order valence-electron chi connectivity index (χ2n) is 8.62. The number of carboxylic acid groups (broad SMARTS) is 1. The second-order valence-corrected chi connectivity index (χ2v) is 8.62. The van der Waals surface area contributed by atoms with E-state index in [9.17, 15) is 33.9 Å². The Bertz CT molecular complexity index is 986. The minimum absolute atomic E-state index is 0.0279. The molecule has 1 heterocycles. The highest BCUT2D eigenvalue weighted by molar-refractivity contribution is 5.95. The maximum Gasteiger partial charge on any atom is 0.326 e. The summed E-state index contributed by atoms with van der Waals surface area (Å²) >= 11 is 0. The van der Waals surface area contributed by atoms with E-state index in [2.05, 4.69) is 10.6 Å². The van der Waals surface area contributed by atoms with Crippen LogP contribution in [0.25, 0.3) is 0 Å². The van der Waals surface area contributed by atoms with Gasteiger partial charge in [0.2, 0.25) is 29.5 Å². The van der Waals surface area contributed by atoms with E-state index in [1.807, 2.05) is 0 Å². The highest BCUT2D eigenvalue weighted by atomic mass is 16.4. The number of aliphatic carboxylic acids is 1. The van der Waals surface area contributed by atoms with Gasteiger partial charge in [-0.05, 0) is 24.8 Å². The third-order valence-corrected chi connectivity index (χ3v) is 5.79. The van der Waals surface area contributed by atoms with Crippen molar-refractivity contribution in [1.29, 1.82) is 0 Å². The molecule has 13 nitrogen and oxygen atoms in total. The monoisotopic (exact) mass is 504 g/mol. The quantitative estimate of drug-likeness (QED) is 0.171. The van der Waals surface area contributed by atoms with Gasteiger partial charge in [-0.15, -0.1) is 0 Å². The second kappa shape index (κ2) is 13.2. The maximum absolute atomic E-state index is 13.2. The number of hydrogen-bond donors (Lipinski definition) is 6. The minimum Gasteiger partial charge on any atom is -0.480 e. The van der Waals surface area contributed by atoms with Gasteiger partial charge in [-0.3, -0.25) is 24.0 Å². The molecule has 13 heteroatoms. The molecule has 0 aromatic heterocycles. The van der Waals surface area contributed by atoms with Crippen LogP contribution in [0, 0.1) is 0 Å². The van der Waals surface area contributed by atoms with Crippen LogP contribution in [-0.2, 0) is 35.2 Å². The lowest BCUT2D eigenvalue weighted by Crippen LogP contribution is -2.57. The number of amides is 5. The molecule has 0 aliphatic carbocycles. The first-order valence-corrected chi connectivity index (χ1v) is 11.5. The smallest absolute Gasteiger partial charge is 0.326 e. The molecule has 0 spiro atoms. The predicted octanol–water partition coefficient (Wildman–Crippen LogP) is -2.26. The van der Waals surface area contributed by atoms with E-state index in [1.54, 1.807) is 30.3 Å². The lowest BCUT2D eigenvalue weighted by Gasteiger charge is -2.28. The number of carbonyl (C=O) groups excluding carboxylic acids is 5. The van der Waals surface area contributed by atoms with E-state index in [0.29, 0.717) is 18.4 Å². The Morgan fingerprint density at radius 3 is 2.25 bits per heavy atom. The van der Waals surface area contributed by atoms with Crippen LogP contribution in [0.2, 0.25) is 0 Å².